The summed E-state index contributed by atoms with van der Waals surface area (Å²) in [6.07, 6.45) is 4.97. The lowest BCUT2D eigenvalue weighted by molar-refractivity contribution is -0.134. The number of halogens is 1. The molecular formula is C20H22ClN4O4. The van der Waals surface area contributed by atoms with Crippen LogP contribution in [-0.4, -0.2) is 57.3 Å². The maximum Gasteiger partial charge on any atom is 0.260 e. The topological polar surface area (TPSA) is 126 Å². The molecule has 3 atom stereocenters. The van der Waals surface area contributed by atoms with Crippen LogP contribution in [0.5, 0.6) is 0 Å². The minimum atomic E-state index is -1.35. The molecule has 0 aliphatic heterocycles. The van der Waals surface area contributed by atoms with Gasteiger partial charge in [0, 0.05) is 30.6 Å². The Morgan fingerprint density at radius 2 is 1.86 bits per heavy atom. The first-order valence-corrected chi connectivity index (χ1v) is 9.26. The first-order chi connectivity index (χ1) is 14.0. The summed E-state index contributed by atoms with van der Waals surface area (Å²) in [7, 11) is 0. The molecule has 0 saturated carbocycles. The number of benzene rings is 1. The molecule has 153 valence electrons. The van der Waals surface area contributed by atoms with Crippen LogP contribution in [0.1, 0.15) is 11.1 Å². The lowest BCUT2D eigenvalue weighted by Gasteiger charge is -2.26. The Hall–Kier alpha value is -2.81. The van der Waals surface area contributed by atoms with Gasteiger partial charge in [-0.1, -0.05) is 36.4 Å². The highest BCUT2D eigenvalue weighted by atomic mass is 35.5. The van der Waals surface area contributed by atoms with Gasteiger partial charge in [-0.2, -0.15) is 0 Å². The summed E-state index contributed by atoms with van der Waals surface area (Å²) in [5.74, 6) is -1.31. The number of rotatable bonds is 10. The van der Waals surface area contributed by atoms with Crippen molar-refractivity contribution >= 4 is 29.9 Å². The fourth-order valence-electron chi connectivity index (χ4n) is 2.65. The highest BCUT2D eigenvalue weighted by Gasteiger charge is 2.31. The zero-order valence-electron chi connectivity index (χ0n) is 15.6. The van der Waals surface area contributed by atoms with Gasteiger partial charge in [0.15, 0.2) is 0 Å². The van der Waals surface area contributed by atoms with Crippen LogP contribution in [0.15, 0.2) is 54.9 Å². The Kier molecular flexibility index (Phi) is 8.72. The SMILES string of the molecule is N[C@H](Cc1ccccc1)C(=O)N[C@H](Cc1cccnc1)C(=O)N(Cl)[C@H]([C]=O)CO. The summed E-state index contributed by atoms with van der Waals surface area (Å²) in [6.45, 7) is -0.695. The standard InChI is InChI=1S/C20H22ClN4O4/c21-25(16(12-26)13-27)20(29)18(10-15-7-4-8-23-11-15)24-19(28)17(22)9-14-5-2-1-3-6-14/h1-8,11,16-18,26H,9-10,12,22H2,(H,24,28)/t16-,17+,18+/m0/s1. The lowest BCUT2D eigenvalue weighted by Crippen LogP contribution is -2.54. The van der Waals surface area contributed by atoms with Crippen molar-refractivity contribution in [3.63, 3.8) is 0 Å². The van der Waals surface area contributed by atoms with Gasteiger partial charge in [-0.3, -0.25) is 19.4 Å². The molecule has 2 amide bonds. The van der Waals surface area contributed by atoms with Crippen LogP contribution in [0.2, 0.25) is 0 Å². The molecule has 1 aromatic heterocycles. The molecule has 2 rings (SSSR count). The van der Waals surface area contributed by atoms with Crippen molar-refractivity contribution in [3.05, 3.63) is 66.0 Å². The van der Waals surface area contributed by atoms with Crippen LogP contribution in [0, 0.1) is 0 Å². The van der Waals surface area contributed by atoms with Crippen LogP contribution in [0.3, 0.4) is 0 Å². The highest BCUT2D eigenvalue weighted by molar-refractivity contribution is 6.23. The number of aromatic nitrogens is 1. The third-order valence-corrected chi connectivity index (χ3v) is 4.61. The predicted molar refractivity (Wildman–Crippen MR) is 107 cm³/mol. The van der Waals surface area contributed by atoms with Crippen LogP contribution < -0.4 is 11.1 Å². The zero-order valence-corrected chi connectivity index (χ0v) is 16.3. The van der Waals surface area contributed by atoms with Gasteiger partial charge in [-0.25, -0.2) is 4.42 Å². The predicted octanol–water partition coefficient (Wildman–Crippen LogP) is 0.132. The van der Waals surface area contributed by atoms with E-state index in [0.717, 1.165) is 5.56 Å². The number of hydrogen-bond donors (Lipinski definition) is 3. The second kappa shape index (κ2) is 11.3. The number of aliphatic hydroxyl groups is 1. The summed E-state index contributed by atoms with van der Waals surface area (Å²) in [6, 6.07) is 9.30. The normalized spacial score (nSPS) is 13.8. The van der Waals surface area contributed by atoms with E-state index in [9.17, 15) is 19.5 Å². The Labute approximate surface area is 173 Å². The highest BCUT2D eigenvalue weighted by Crippen LogP contribution is 2.11. The van der Waals surface area contributed by atoms with Gasteiger partial charge in [-0.05, 0) is 23.6 Å². The fourth-order valence-corrected chi connectivity index (χ4v) is 2.87. The number of aliphatic hydroxyl groups excluding tert-OH is 1. The fraction of sp³-hybridized carbons (Fsp3) is 0.300. The average Bonchev–Trinajstić information content (AvgIpc) is 2.74. The van der Waals surface area contributed by atoms with E-state index in [2.05, 4.69) is 10.3 Å². The molecule has 29 heavy (non-hydrogen) atoms. The van der Waals surface area contributed by atoms with Crippen LogP contribution in [-0.2, 0) is 27.2 Å². The van der Waals surface area contributed by atoms with E-state index in [1.165, 1.54) is 6.29 Å². The van der Waals surface area contributed by atoms with Gasteiger partial charge < -0.3 is 16.2 Å². The smallest absolute Gasteiger partial charge is 0.260 e. The maximum absolute atomic E-state index is 12.8. The lowest BCUT2D eigenvalue weighted by atomic mass is 10.0. The quantitative estimate of drug-likeness (QED) is 0.472. The molecule has 0 unspecified atom stereocenters. The Balaban J connectivity index is 2.14. The molecule has 0 aliphatic carbocycles. The van der Waals surface area contributed by atoms with E-state index in [0.29, 0.717) is 9.98 Å². The minimum Gasteiger partial charge on any atom is -0.394 e. The van der Waals surface area contributed by atoms with Crippen molar-refractivity contribution in [2.75, 3.05) is 6.61 Å². The summed E-state index contributed by atoms with van der Waals surface area (Å²) >= 11 is 5.91. The number of pyridine rings is 1. The van der Waals surface area contributed by atoms with Gasteiger partial charge in [0.2, 0.25) is 12.2 Å². The average molecular weight is 418 g/mol. The first-order valence-electron chi connectivity index (χ1n) is 8.92. The van der Waals surface area contributed by atoms with E-state index in [1.54, 1.807) is 24.5 Å². The Bertz CT molecular complexity index is 807. The molecule has 0 fully saturated rings. The maximum atomic E-state index is 12.8. The van der Waals surface area contributed by atoms with Gasteiger partial charge >= 0.3 is 0 Å². The molecule has 2 aromatic rings. The number of carbonyl (C=O) groups is 2. The Morgan fingerprint density at radius 1 is 1.17 bits per heavy atom. The molecule has 0 bridgehead atoms. The van der Waals surface area contributed by atoms with Gasteiger partial charge in [-0.15, -0.1) is 0 Å². The van der Waals surface area contributed by atoms with E-state index in [4.69, 9.17) is 17.5 Å². The summed E-state index contributed by atoms with van der Waals surface area (Å²) in [4.78, 5) is 40.2. The summed E-state index contributed by atoms with van der Waals surface area (Å²) in [5.41, 5.74) is 7.54. The van der Waals surface area contributed by atoms with E-state index in [1.807, 2.05) is 30.3 Å². The van der Waals surface area contributed by atoms with Gasteiger partial charge in [0.25, 0.3) is 5.91 Å². The van der Waals surface area contributed by atoms with Crippen LogP contribution >= 0.6 is 11.8 Å². The van der Waals surface area contributed by atoms with Crippen molar-refractivity contribution < 1.29 is 19.5 Å². The van der Waals surface area contributed by atoms with E-state index in [-0.39, 0.29) is 12.8 Å². The monoisotopic (exact) mass is 417 g/mol. The molecule has 0 saturated heterocycles. The molecular weight excluding hydrogens is 396 g/mol. The van der Waals surface area contributed by atoms with Gasteiger partial charge in [0.1, 0.15) is 12.1 Å². The molecule has 0 aliphatic rings. The molecule has 1 aromatic carbocycles. The second-order valence-corrected chi connectivity index (χ2v) is 6.75. The van der Waals surface area contributed by atoms with Crippen LogP contribution in [0.25, 0.3) is 0 Å². The largest absolute Gasteiger partial charge is 0.394 e. The number of carbonyl (C=O) groups excluding carboxylic acids is 3. The van der Waals surface area contributed by atoms with Crippen molar-refractivity contribution in [1.82, 2.24) is 14.7 Å². The number of nitrogens with two attached hydrogens (primary N) is 1. The van der Waals surface area contributed by atoms with Crippen molar-refractivity contribution in [2.45, 2.75) is 31.0 Å². The van der Waals surface area contributed by atoms with Crippen molar-refractivity contribution in [1.29, 1.82) is 0 Å². The third-order valence-electron chi connectivity index (χ3n) is 4.21. The molecule has 1 heterocycles. The van der Waals surface area contributed by atoms with Crippen LogP contribution in [0.4, 0.5) is 0 Å². The van der Waals surface area contributed by atoms with E-state index >= 15 is 0 Å². The second-order valence-electron chi connectivity index (χ2n) is 6.39. The number of nitrogens with one attached hydrogen (secondary N) is 1. The number of hydrogen-bond acceptors (Lipinski definition) is 6. The van der Waals surface area contributed by atoms with E-state index < -0.39 is 36.5 Å². The van der Waals surface area contributed by atoms with Gasteiger partial charge in [0.05, 0.1) is 12.6 Å². The molecule has 4 N–H and O–H groups in total. The molecule has 1 radical (unpaired) electrons. The summed E-state index contributed by atoms with van der Waals surface area (Å²) < 4.78 is 0.539. The third kappa shape index (κ3) is 6.63. The number of nitrogens with zero attached hydrogens (tertiary/aromatic N) is 2. The number of amides is 2. The van der Waals surface area contributed by atoms with Crippen molar-refractivity contribution in [2.24, 2.45) is 5.73 Å². The Morgan fingerprint density at radius 3 is 2.45 bits per heavy atom. The molecule has 0 spiro atoms. The van der Waals surface area contributed by atoms with Crippen molar-refractivity contribution in [3.8, 4) is 0 Å². The minimum absolute atomic E-state index is 0.0801. The molecule has 9 heteroatoms. The molecule has 8 nitrogen and oxygen atoms in total. The summed E-state index contributed by atoms with van der Waals surface area (Å²) in [5, 5.41) is 11.8. The first kappa shape index (κ1) is 22.5. The zero-order chi connectivity index (χ0) is 21.2.